The van der Waals surface area contributed by atoms with Crippen molar-refractivity contribution in [2.24, 2.45) is 0 Å². The molecule has 0 aliphatic carbocycles. The highest BCUT2D eigenvalue weighted by atomic mass is 16.6. The quantitative estimate of drug-likeness (QED) is 0.595. The van der Waals surface area contributed by atoms with Crippen LogP contribution in [0.2, 0.25) is 0 Å². The third kappa shape index (κ3) is 1.23. The largest absolute Gasteiger partial charge is 0.366 e. The number of hydrogen-bond donors (Lipinski definition) is 0. The van der Waals surface area contributed by atoms with Crippen LogP contribution in [0.3, 0.4) is 0 Å². The van der Waals surface area contributed by atoms with Gasteiger partial charge in [-0.2, -0.15) is 4.68 Å². The molecule has 1 saturated heterocycles. The molecule has 1 aliphatic heterocycles. The Bertz CT molecular complexity index is 420. The van der Waals surface area contributed by atoms with E-state index < -0.39 is 0 Å². The molecule has 0 bridgehead atoms. The molecule has 14 heavy (non-hydrogen) atoms. The first-order valence-electron chi connectivity index (χ1n) is 4.10. The zero-order chi connectivity index (χ0) is 9.38. The molecule has 0 unspecified atom stereocenters. The zero-order valence-electron chi connectivity index (χ0n) is 7.11. The molecular formula is C7H6N6O. The molecule has 1 aliphatic rings. The lowest BCUT2D eigenvalue weighted by molar-refractivity contribution is 0.410. The Balaban J connectivity index is 1.93. The van der Waals surface area contributed by atoms with Crippen LogP contribution in [0.5, 0.6) is 0 Å². The minimum absolute atomic E-state index is 0.130. The van der Waals surface area contributed by atoms with E-state index in [0.29, 0.717) is 5.82 Å². The highest BCUT2D eigenvalue weighted by Gasteiger charge is 2.26. The second kappa shape index (κ2) is 2.81. The normalized spacial score (nSPS) is 19.6. The zero-order valence-corrected chi connectivity index (χ0v) is 7.11. The Kier molecular flexibility index (Phi) is 1.51. The fourth-order valence-corrected chi connectivity index (χ4v) is 1.10. The second-order valence-corrected chi connectivity index (χ2v) is 2.88. The van der Waals surface area contributed by atoms with E-state index in [0.717, 1.165) is 12.3 Å². The first-order chi connectivity index (χ1) is 6.93. The predicted molar refractivity (Wildman–Crippen MR) is 43.4 cm³/mol. The summed E-state index contributed by atoms with van der Waals surface area (Å²) in [5.41, 5.74) is 0.849. The molecule has 0 spiro atoms. The molecule has 0 radical (unpaired) electrons. The molecule has 3 heterocycles. The minimum atomic E-state index is 0.130. The van der Waals surface area contributed by atoms with Gasteiger partial charge in [-0.05, 0) is 10.4 Å². The van der Waals surface area contributed by atoms with Gasteiger partial charge in [-0.1, -0.05) is 0 Å². The smallest absolute Gasteiger partial charge is 0.175 e. The molecule has 0 N–H and O–H groups in total. The summed E-state index contributed by atoms with van der Waals surface area (Å²) in [7, 11) is 0. The fourth-order valence-electron chi connectivity index (χ4n) is 1.10. The predicted octanol–water partition coefficient (Wildman–Crippen LogP) is -0.476. The average Bonchev–Trinajstić information content (AvgIpc) is 2.94. The summed E-state index contributed by atoms with van der Waals surface area (Å²) in [4.78, 5) is 8.35. The minimum Gasteiger partial charge on any atom is -0.366 e. The van der Waals surface area contributed by atoms with Gasteiger partial charge in [-0.3, -0.25) is 4.98 Å². The summed E-state index contributed by atoms with van der Waals surface area (Å²) >= 11 is 0. The first-order valence-corrected chi connectivity index (χ1v) is 4.10. The fraction of sp³-hybridized carbons (Fsp3) is 0.286. The van der Waals surface area contributed by atoms with Crippen LogP contribution >= 0.6 is 0 Å². The van der Waals surface area contributed by atoms with Gasteiger partial charge in [0.25, 0.3) is 0 Å². The van der Waals surface area contributed by atoms with Crippen LogP contribution in [0.25, 0.3) is 5.82 Å². The molecule has 0 amide bonds. The number of rotatable bonds is 2. The number of epoxide rings is 1. The molecular weight excluding hydrogens is 184 g/mol. The van der Waals surface area contributed by atoms with Crippen molar-refractivity contribution in [3.05, 3.63) is 24.4 Å². The molecule has 7 nitrogen and oxygen atoms in total. The van der Waals surface area contributed by atoms with Crippen LogP contribution in [-0.2, 0) is 4.74 Å². The second-order valence-electron chi connectivity index (χ2n) is 2.88. The van der Waals surface area contributed by atoms with Crippen molar-refractivity contribution in [2.45, 2.75) is 6.10 Å². The van der Waals surface area contributed by atoms with Crippen molar-refractivity contribution in [3.63, 3.8) is 0 Å². The van der Waals surface area contributed by atoms with E-state index in [1.807, 2.05) is 0 Å². The molecule has 0 aromatic carbocycles. The molecule has 0 saturated carbocycles. The van der Waals surface area contributed by atoms with Gasteiger partial charge in [0.2, 0.25) is 0 Å². The van der Waals surface area contributed by atoms with Crippen molar-refractivity contribution in [2.75, 3.05) is 6.61 Å². The van der Waals surface area contributed by atoms with E-state index in [9.17, 15) is 0 Å². The van der Waals surface area contributed by atoms with Gasteiger partial charge < -0.3 is 4.74 Å². The SMILES string of the molecule is c1nc(-n2cnnn2)cnc1[C@H]1CO1. The lowest BCUT2D eigenvalue weighted by Gasteiger charge is -1.97. The molecule has 2 aromatic heterocycles. The standard InChI is InChI=1S/C7H6N6O/c1-5(6-3-14-6)8-2-7(9-1)13-4-10-11-12-13/h1-2,4,6H,3H2/t6-/m1/s1. The average molecular weight is 190 g/mol. The van der Waals surface area contributed by atoms with E-state index in [4.69, 9.17) is 4.74 Å². The monoisotopic (exact) mass is 190 g/mol. The van der Waals surface area contributed by atoms with Gasteiger partial charge in [-0.25, -0.2) is 4.98 Å². The van der Waals surface area contributed by atoms with Crippen molar-refractivity contribution >= 4 is 0 Å². The van der Waals surface area contributed by atoms with Crippen molar-refractivity contribution in [3.8, 4) is 5.82 Å². The number of hydrogen-bond acceptors (Lipinski definition) is 6. The number of ether oxygens (including phenoxy) is 1. The van der Waals surface area contributed by atoms with Gasteiger partial charge in [0.05, 0.1) is 24.7 Å². The van der Waals surface area contributed by atoms with Gasteiger partial charge in [0, 0.05) is 0 Å². The highest BCUT2D eigenvalue weighted by molar-refractivity contribution is 5.17. The van der Waals surface area contributed by atoms with E-state index in [1.54, 1.807) is 12.4 Å². The molecule has 1 fully saturated rings. The molecule has 2 aromatic rings. The van der Waals surface area contributed by atoms with Crippen LogP contribution < -0.4 is 0 Å². The lowest BCUT2D eigenvalue weighted by atomic mass is 10.3. The van der Waals surface area contributed by atoms with Crippen molar-refractivity contribution in [1.82, 2.24) is 30.2 Å². The summed E-state index contributed by atoms with van der Waals surface area (Å²) in [6.45, 7) is 0.735. The third-order valence-electron chi connectivity index (χ3n) is 1.91. The van der Waals surface area contributed by atoms with E-state index in [2.05, 4.69) is 25.5 Å². The topological polar surface area (TPSA) is 81.9 Å². The van der Waals surface area contributed by atoms with Crippen molar-refractivity contribution < 1.29 is 4.74 Å². The summed E-state index contributed by atoms with van der Waals surface area (Å²) in [5, 5.41) is 10.7. The lowest BCUT2D eigenvalue weighted by Crippen LogP contribution is -2.00. The van der Waals surface area contributed by atoms with Gasteiger partial charge in [0.1, 0.15) is 12.4 Å². The maximum atomic E-state index is 5.08. The van der Waals surface area contributed by atoms with Crippen molar-refractivity contribution in [1.29, 1.82) is 0 Å². The number of aromatic nitrogens is 6. The van der Waals surface area contributed by atoms with E-state index in [1.165, 1.54) is 11.0 Å². The van der Waals surface area contributed by atoms with Crippen LogP contribution in [0.4, 0.5) is 0 Å². The summed E-state index contributed by atoms with van der Waals surface area (Å²) in [6, 6.07) is 0. The summed E-state index contributed by atoms with van der Waals surface area (Å²) < 4.78 is 6.52. The third-order valence-corrected chi connectivity index (χ3v) is 1.91. The Hall–Kier alpha value is -1.89. The summed E-state index contributed by atoms with van der Waals surface area (Å²) in [6.07, 6.45) is 4.89. The van der Waals surface area contributed by atoms with Crippen LogP contribution in [0.15, 0.2) is 18.7 Å². The first kappa shape index (κ1) is 7.51. The molecule has 3 rings (SSSR count). The highest BCUT2D eigenvalue weighted by Crippen LogP contribution is 2.27. The summed E-state index contributed by atoms with van der Waals surface area (Å²) in [5.74, 6) is 0.597. The van der Waals surface area contributed by atoms with Crippen LogP contribution in [-0.4, -0.2) is 36.8 Å². The number of nitrogens with zero attached hydrogens (tertiary/aromatic N) is 6. The molecule has 70 valence electrons. The van der Waals surface area contributed by atoms with E-state index in [-0.39, 0.29) is 6.10 Å². The molecule has 1 atom stereocenters. The maximum absolute atomic E-state index is 5.08. The van der Waals surface area contributed by atoms with Gasteiger partial charge >= 0.3 is 0 Å². The Morgan fingerprint density at radius 1 is 1.36 bits per heavy atom. The van der Waals surface area contributed by atoms with Gasteiger partial charge in [-0.15, -0.1) is 5.10 Å². The Labute approximate surface area is 78.7 Å². The maximum Gasteiger partial charge on any atom is 0.175 e. The Morgan fingerprint density at radius 3 is 2.86 bits per heavy atom. The van der Waals surface area contributed by atoms with E-state index >= 15 is 0 Å². The molecule has 7 heteroatoms. The Morgan fingerprint density at radius 2 is 2.29 bits per heavy atom. The van der Waals surface area contributed by atoms with Crippen LogP contribution in [0, 0.1) is 0 Å². The van der Waals surface area contributed by atoms with Crippen LogP contribution in [0.1, 0.15) is 11.8 Å². The van der Waals surface area contributed by atoms with Gasteiger partial charge in [0.15, 0.2) is 5.82 Å². The number of tetrazole rings is 1.